The van der Waals surface area contributed by atoms with Crippen molar-refractivity contribution in [1.29, 1.82) is 0 Å². The zero-order chi connectivity index (χ0) is 56.4. The third kappa shape index (κ3) is 19.3. The minimum atomic E-state index is -3.73. The second-order valence-electron chi connectivity index (χ2n) is 22.1. The van der Waals surface area contributed by atoms with Crippen LogP contribution in [0, 0.1) is 25.3 Å². The Labute approximate surface area is 492 Å². The van der Waals surface area contributed by atoms with Crippen LogP contribution in [0.1, 0.15) is 194 Å². The smallest absolute Gasteiger partial charge is 0.907 e. The van der Waals surface area contributed by atoms with Crippen molar-refractivity contribution in [3.63, 3.8) is 0 Å². The molecule has 2 N–H and O–H groups in total. The number of pyridine rings is 1. The number of likely N-dealkylation sites (N-methyl/N-ethyl adjacent to an activating group) is 1. The summed E-state index contributed by atoms with van der Waals surface area (Å²) in [5.74, 6) is 0.862. The molecule has 80 heavy (non-hydrogen) atoms. The van der Waals surface area contributed by atoms with E-state index in [1.54, 1.807) is 24.7 Å². The Balaban J connectivity index is 0.00000689. The first-order valence-corrected chi connectivity index (χ1v) is 30.7. The zero-order valence-electron chi connectivity index (χ0n) is 48.8. The quantitative estimate of drug-likeness (QED) is 0.0121. The summed E-state index contributed by atoms with van der Waals surface area (Å²) < 4.78 is 56.4. The average Bonchev–Trinajstić information content (AvgIpc) is 3.86. The first-order valence-electron chi connectivity index (χ1n) is 28.1. The molecule has 2 aliphatic rings. The number of rotatable bonds is 31. The van der Waals surface area contributed by atoms with Crippen molar-refractivity contribution in [2.75, 3.05) is 39.9 Å². The number of hydrogen-bond donors (Lipinski definition) is 2. The number of Topliss-reactive ketones (excluding diaryl/α,β-unsaturated/α-hetero) is 1. The first kappa shape index (κ1) is 67.5. The molecule has 3 unspecified atom stereocenters. The number of carbonyl (C=O) groups excluding carboxylic acids is 2. The van der Waals surface area contributed by atoms with Crippen LogP contribution in [0.15, 0.2) is 82.7 Å². The number of carbonyl (C=O) groups is 3. The zero-order valence-corrected chi connectivity index (χ0v) is 50.4. The van der Waals surface area contributed by atoms with Gasteiger partial charge >= 0.3 is 24.8 Å². The summed E-state index contributed by atoms with van der Waals surface area (Å²) in [6.07, 6.45) is 21.4. The van der Waals surface area contributed by atoms with Crippen LogP contribution in [-0.2, 0) is 25.8 Å². The van der Waals surface area contributed by atoms with Crippen molar-refractivity contribution in [1.82, 2.24) is 28.7 Å². The molecule has 2 aromatic heterocycles. The minimum absolute atomic E-state index is 0. The van der Waals surface area contributed by atoms with Gasteiger partial charge in [0.15, 0.2) is 11.6 Å². The molecule has 3 heterocycles. The van der Waals surface area contributed by atoms with E-state index in [4.69, 9.17) is 31.2 Å². The van der Waals surface area contributed by atoms with E-state index < -0.39 is 45.5 Å². The Kier molecular flexibility index (Phi) is 27.5. The standard InChI is InChI=1S/C60H83N7O9S2.CH3.Li/c1-43-21-20-22-53(60(5,6)41-43)57-52(58(70)45(3)65(7)77(72)46(4)44(2)61)31-32-54(63-57)67-38-35-55(64-67)76-40-19-17-15-13-11-9-8-10-12-14-16-18-39-75-50-27-23-47(24-28-50)48-33-36-66(37-34-48)78(73,74)51-29-25-49(26-30-51)59(71)62-42-56(68)69;;/h4,23-32,35,38,43,45,48,53H,8-22,33-34,36-37,39-42H2,1-3,5-7H3,(H,62,71)(H,68,69);1H3;/q-2;-1;+1/t43-,45?,53?,77?;;/m1../s1. The molecule has 2 fully saturated rings. The van der Waals surface area contributed by atoms with E-state index in [1.807, 2.05) is 30.5 Å². The average molecular weight is 1130 g/mol. The summed E-state index contributed by atoms with van der Waals surface area (Å²) in [5.41, 5.74) is 2.24. The van der Waals surface area contributed by atoms with Crippen LogP contribution in [0.2, 0.25) is 0 Å². The molecule has 1 saturated heterocycles. The second kappa shape index (κ2) is 32.6. The Morgan fingerprint density at radius 1 is 0.863 bits per heavy atom. The maximum absolute atomic E-state index is 14.2. The summed E-state index contributed by atoms with van der Waals surface area (Å²) >= 11 is 0. The number of piperidine rings is 1. The molecule has 6 rings (SSSR count). The predicted octanol–water partition coefficient (Wildman–Crippen LogP) is 9.08. The maximum Gasteiger partial charge on any atom is 1.00 e. The number of hydrogen-bond acceptors (Lipinski definition) is 10. The van der Waals surface area contributed by atoms with E-state index in [0.717, 1.165) is 62.8 Å². The second-order valence-corrected chi connectivity index (χ2v) is 25.5. The topological polar surface area (TPSA) is 213 Å². The van der Waals surface area contributed by atoms with Gasteiger partial charge in [-0.3, -0.25) is 21.0 Å². The fourth-order valence-electron chi connectivity index (χ4n) is 10.9. The van der Waals surface area contributed by atoms with Gasteiger partial charge < -0.3 is 38.4 Å². The molecule has 19 heteroatoms. The predicted molar refractivity (Wildman–Crippen MR) is 313 cm³/mol. The first-order chi connectivity index (χ1) is 37.3. The summed E-state index contributed by atoms with van der Waals surface area (Å²) in [6, 6.07) is 18.4. The van der Waals surface area contributed by atoms with Gasteiger partial charge in [-0.1, -0.05) is 110 Å². The number of carboxylic acid groups (broad SMARTS) is 1. The van der Waals surface area contributed by atoms with Crippen LogP contribution in [0.3, 0.4) is 0 Å². The largest absolute Gasteiger partial charge is 1.00 e. The summed E-state index contributed by atoms with van der Waals surface area (Å²) in [6.45, 7) is 17.3. The van der Waals surface area contributed by atoms with Crippen molar-refractivity contribution in [3.8, 4) is 17.4 Å². The Hall–Kier alpha value is -4.96. The van der Waals surface area contributed by atoms with Crippen LogP contribution in [0.5, 0.6) is 11.6 Å². The normalized spacial score (nSPS) is 17.5. The number of carboxylic acids is 1. The molecule has 434 valence electrons. The molecule has 1 saturated carbocycles. The van der Waals surface area contributed by atoms with Crippen molar-refractivity contribution in [2.24, 2.45) is 11.3 Å². The fraction of sp³-hybridized carbons (Fsp3) is 0.557. The van der Waals surface area contributed by atoms with Crippen LogP contribution in [0.4, 0.5) is 0 Å². The van der Waals surface area contributed by atoms with Crippen LogP contribution >= 0.6 is 0 Å². The molecule has 4 aromatic rings. The molecule has 0 bridgehead atoms. The van der Waals surface area contributed by atoms with Gasteiger partial charge in [0.1, 0.15) is 12.3 Å². The number of benzene rings is 2. The van der Waals surface area contributed by atoms with Crippen LogP contribution in [-0.4, -0.2) is 110 Å². The van der Waals surface area contributed by atoms with E-state index in [1.165, 1.54) is 96.7 Å². The van der Waals surface area contributed by atoms with Crippen LogP contribution < -0.4 is 33.7 Å². The Morgan fingerprint density at radius 3 is 2.01 bits per heavy atom. The number of nitrogens with one attached hydrogen (secondary N) is 1. The van der Waals surface area contributed by atoms with E-state index in [0.29, 0.717) is 62.3 Å². The number of aromatic nitrogens is 3. The molecule has 16 nitrogen and oxygen atoms in total. The van der Waals surface area contributed by atoms with Crippen molar-refractivity contribution < 1.29 is 60.5 Å². The molecule has 2 aromatic carbocycles. The molecule has 1 aliphatic heterocycles. The van der Waals surface area contributed by atoms with Crippen molar-refractivity contribution in [2.45, 2.75) is 173 Å². The summed E-state index contributed by atoms with van der Waals surface area (Å²) in [7, 11) is -4.06. The SMILES string of the molecule is [CH-]=C(C(C)=[N-])S(=O)N(C)C(C)C(=O)c1ccc(-n2ccc(OCCCCCCCCCCCCCCOc3ccc(C4CCN(S(=O)(=O)c5ccc(C(=O)NCC(=O)O)cc5)CC4)cc3)n2)nc1C1CCC[C@@H](C)CC1(C)C.[CH3-].[Li+]. The minimum Gasteiger partial charge on any atom is -0.907 e. The van der Waals surface area contributed by atoms with Gasteiger partial charge in [-0.05, 0) is 117 Å². The maximum atomic E-state index is 14.2. The van der Waals surface area contributed by atoms with Gasteiger partial charge in [0.25, 0.3) is 5.91 Å². The van der Waals surface area contributed by atoms with E-state index in [-0.39, 0.29) is 70.4 Å². The van der Waals surface area contributed by atoms with Crippen molar-refractivity contribution in [3.05, 3.63) is 120 Å². The number of ketones is 1. The van der Waals surface area contributed by atoms with Gasteiger partial charge in [0.05, 0.1) is 40.8 Å². The fourth-order valence-corrected chi connectivity index (χ4v) is 13.3. The van der Waals surface area contributed by atoms with Gasteiger partial charge in [0.2, 0.25) is 15.9 Å². The molecule has 0 radical (unpaired) electrons. The van der Waals surface area contributed by atoms with Gasteiger partial charge in [0, 0.05) is 49.4 Å². The molecule has 1 aliphatic carbocycles. The number of allylic oxidation sites excluding steroid dienone is 1. The molecule has 4 atom stereocenters. The Morgan fingerprint density at radius 2 is 1.44 bits per heavy atom. The van der Waals surface area contributed by atoms with Gasteiger partial charge in [-0.25, -0.2) is 26.6 Å². The number of amides is 1. The molecular weight excluding hydrogens is 1050 g/mol. The van der Waals surface area contributed by atoms with E-state index >= 15 is 0 Å². The van der Waals surface area contributed by atoms with Gasteiger partial charge in [-0.15, -0.1) is 16.9 Å². The van der Waals surface area contributed by atoms with Crippen molar-refractivity contribution >= 4 is 44.4 Å². The molecular formula is C61H86LiN7O9S2-2. The number of sulfonamides is 1. The molecule has 1 amide bonds. The monoisotopic (exact) mass is 1130 g/mol. The number of ether oxygens (including phenoxy) is 2. The summed E-state index contributed by atoms with van der Waals surface area (Å²) in [4.78, 5) is 42.1. The number of nitrogens with zero attached hydrogens (tertiary/aromatic N) is 6. The van der Waals surface area contributed by atoms with E-state index in [9.17, 15) is 32.4 Å². The number of unbranched alkanes of at least 4 members (excludes halogenated alkanes) is 11. The van der Waals surface area contributed by atoms with Gasteiger partial charge in [-0.2, -0.15) is 4.31 Å². The third-order valence-electron chi connectivity index (χ3n) is 15.6. The summed E-state index contributed by atoms with van der Waals surface area (Å²) in [5, 5.41) is 25.6. The van der Waals surface area contributed by atoms with Crippen LogP contribution in [0.25, 0.3) is 11.2 Å². The molecule has 0 spiro atoms. The Bertz CT molecular complexity index is 2780. The number of aliphatic carboxylic acids is 1. The van der Waals surface area contributed by atoms with E-state index in [2.05, 4.69) is 38.2 Å². The third-order valence-corrected chi connectivity index (χ3v) is 19.0.